The average Bonchev–Trinajstić information content (AvgIpc) is 3.36. The molecule has 36 heavy (non-hydrogen) atoms. The molecule has 4 heterocycles. The number of H-pyrrole nitrogens is 1. The zero-order chi connectivity index (χ0) is 24.5. The number of nitrogens with one attached hydrogen (secondary N) is 3. The molecule has 8 nitrogen and oxygen atoms in total. The van der Waals surface area contributed by atoms with E-state index in [4.69, 9.17) is 4.74 Å². The van der Waals surface area contributed by atoms with E-state index in [1.807, 2.05) is 43.5 Å². The maximum Gasteiger partial charge on any atom is 0.309 e. The molecular formula is C28H30N6O2. The minimum absolute atomic E-state index is 0.00859. The predicted octanol–water partition coefficient (Wildman–Crippen LogP) is 4.48. The summed E-state index contributed by atoms with van der Waals surface area (Å²) in [6.07, 6.45) is 7.04. The van der Waals surface area contributed by atoms with Crippen molar-refractivity contribution in [3.05, 3.63) is 60.7 Å². The number of pyridine rings is 2. The van der Waals surface area contributed by atoms with Crippen LogP contribution in [0.15, 0.2) is 55.0 Å². The Labute approximate surface area is 209 Å². The molecule has 3 aromatic heterocycles. The lowest BCUT2D eigenvalue weighted by atomic mass is 9.80. The van der Waals surface area contributed by atoms with Crippen molar-refractivity contribution in [1.29, 1.82) is 0 Å². The van der Waals surface area contributed by atoms with Crippen LogP contribution in [-0.4, -0.2) is 51.1 Å². The van der Waals surface area contributed by atoms with Crippen LogP contribution in [0.25, 0.3) is 33.5 Å². The number of aryl methyl sites for hydroxylation is 1. The number of aromatic nitrogens is 4. The molecule has 0 spiro atoms. The molecule has 2 aliphatic rings. The van der Waals surface area contributed by atoms with Gasteiger partial charge in [-0.05, 0) is 76.0 Å². The lowest BCUT2D eigenvalue weighted by Gasteiger charge is -2.36. The summed E-state index contributed by atoms with van der Waals surface area (Å²) in [7, 11) is 0. The molecule has 0 radical (unpaired) electrons. The first-order valence-electron chi connectivity index (χ1n) is 12.7. The molecule has 1 aromatic carbocycles. The van der Waals surface area contributed by atoms with E-state index in [1.54, 1.807) is 6.33 Å². The molecule has 1 saturated carbocycles. The van der Waals surface area contributed by atoms with Crippen molar-refractivity contribution in [2.24, 2.45) is 5.92 Å². The molecule has 0 atom stereocenters. The maximum absolute atomic E-state index is 12.5. The molecule has 6 rings (SSSR count). The number of anilines is 1. The molecule has 0 amide bonds. The number of rotatable bonds is 6. The number of hydrogen-bond acceptors (Lipinski definition) is 7. The molecule has 4 aromatic rings. The van der Waals surface area contributed by atoms with Crippen LogP contribution in [0.2, 0.25) is 0 Å². The Hall–Kier alpha value is -3.78. The van der Waals surface area contributed by atoms with Crippen molar-refractivity contribution in [2.45, 2.75) is 44.8 Å². The lowest BCUT2D eigenvalue weighted by Crippen LogP contribution is -2.42. The molecule has 0 unspecified atom stereocenters. The van der Waals surface area contributed by atoms with Gasteiger partial charge in [0.05, 0.1) is 46.7 Å². The van der Waals surface area contributed by atoms with Crippen molar-refractivity contribution in [1.82, 2.24) is 25.3 Å². The second kappa shape index (κ2) is 9.70. The van der Waals surface area contributed by atoms with E-state index in [1.165, 1.54) is 0 Å². The van der Waals surface area contributed by atoms with E-state index in [0.29, 0.717) is 0 Å². The summed E-state index contributed by atoms with van der Waals surface area (Å²) in [4.78, 5) is 29.6. The Kier molecular flexibility index (Phi) is 6.11. The van der Waals surface area contributed by atoms with Crippen molar-refractivity contribution < 1.29 is 9.53 Å². The van der Waals surface area contributed by atoms with Crippen molar-refractivity contribution in [3.63, 3.8) is 0 Å². The third-order valence-corrected chi connectivity index (χ3v) is 7.15. The number of fused-ring (bicyclic) bond motifs is 1. The first kappa shape index (κ1) is 22.7. The fourth-order valence-electron chi connectivity index (χ4n) is 5.09. The standard InChI is InChI=1S/C28H30N6O2/c1-17-3-2-4-25(33-17)27-26(31-16-32-27)18-5-6-24-19(11-18)12-22(15-30-24)34-21-13-20(14-21)28(35)36-23-7-9-29-10-8-23/h2-6,11-12,15-16,20-21,23,29,34H,7-10,13-14H2,1H3,(H,31,32)/t20-,21+. The van der Waals surface area contributed by atoms with Gasteiger partial charge in [0.1, 0.15) is 6.10 Å². The van der Waals surface area contributed by atoms with Gasteiger partial charge in [-0.3, -0.25) is 14.8 Å². The van der Waals surface area contributed by atoms with Crippen LogP contribution in [0.5, 0.6) is 0 Å². The third kappa shape index (κ3) is 4.68. The maximum atomic E-state index is 12.5. The summed E-state index contributed by atoms with van der Waals surface area (Å²) in [6.45, 7) is 3.83. The van der Waals surface area contributed by atoms with E-state index < -0.39 is 0 Å². The van der Waals surface area contributed by atoms with Crippen LogP contribution >= 0.6 is 0 Å². The van der Waals surface area contributed by atoms with Gasteiger partial charge in [0.15, 0.2) is 0 Å². The van der Waals surface area contributed by atoms with Crippen LogP contribution in [-0.2, 0) is 9.53 Å². The molecule has 2 fully saturated rings. The Morgan fingerprint density at radius 3 is 2.78 bits per heavy atom. The predicted molar refractivity (Wildman–Crippen MR) is 139 cm³/mol. The lowest BCUT2D eigenvalue weighted by molar-refractivity contribution is -0.158. The number of nitrogens with zero attached hydrogens (tertiary/aromatic N) is 3. The zero-order valence-electron chi connectivity index (χ0n) is 20.3. The molecule has 8 heteroatoms. The SMILES string of the molecule is Cc1cccc(-c2[nH]cnc2-c2ccc3ncc(N[C@H]4C[C@@H](C(=O)OC5CCNCC5)C4)cc3c2)n1. The van der Waals surface area contributed by atoms with Gasteiger partial charge in [-0.2, -0.15) is 0 Å². The summed E-state index contributed by atoms with van der Waals surface area (Å²) >= 11 is 0. The van der Waals surface area contributed by atoms with Crippen molar-refractivity contribution >= 4 is 22.6 Å². The Balaban J connectivity index is 1.14. The molecule has 184 valence electrons. The quantitative estimate of drug-likeness (QED) is 0.348. The van der Waals surface area contributed by atoms with Crippen molar-refractivity contribution in [2.75, 3.05) is 18.4 Å². The first-order valence-corrected chi connectivity index (χ1v) is 12.7. The molecule has 0 bridgehead atoms. The van der Waals surface area contributed by atoms with Gasteiger partial charge in [0.25, 0.3) is 0 Å². The topological polar surface area (TPSA) is 105 Å². The number of ether oxygens (including phenoxy) is 1. The molecular weight excluding hydrogens is 452 g/mol. The minimum Gasteiger partial charge on any atom is -0.462 e. The van der Waals surface area contributed by atoms with E-state index in [0.717, 1.165) is 83.7 Å². The highest BCUT2D eigenvalue weighted by atomic mass is 16.5. The molecule has 1 saturated heterocycles. The number of hydrogen-bond donors (Lipinski definition) is 3. The Morgan fingerprint density at radius 2 is 1.94 bits per heavy atom. The highest BCUT2D eigenvalue weighted by Crippen LogP contribution is 2.34. The fraction of sp³-hybridized carbons (Fsp3) is 0.357. The normalized spacial score (nSPS) is 20.1. The summed E-state index contributed by atoms with van der Waals surface area (Å²) < 4.78 is 5.72. The summed E-state index contributed by atoms with van der Waals surface area (Å²) in [6, 6.07) is 14.5. The van der Waals surface area contributed by atoms with Crippen LogP contribution < -0.4 is 10.6 Å². The summed E-state index contributed by atoms with van der Waals surface area (Å²) in [5.74, 6) is -0.0511. The van der Waals surface area contributed by atoms with E-state index in [9.17, 15) is 4.79 Å². The Bertz CT molecular complexity index is 1390. The van der Waals surface area contributed by atoms with Gasteiger partial charge in [0.2, 0.25) is 0 Å². The fourth-order valence-corrected chi connectivity index (χ4v) is 5.09. The number of carbonyl (C=O) groups is 1. The average molecular weight is 483 g/mol. The first-order chi connectivity index (χ1) is 17.6. The van der Waals surface area contributed by atoms with Crippen molar-refractivity contribution in [3.8, 4) is 22.6 Å². The van der Waals surface area contributed by atoms with Crippen LogP contribution in [0, 0.1) is 12.8 Å². The van der Waals surface area contributed by atoms with Gasteiger partial charge in [-0.1, -0.05) is 12.1 Å². The molecule has 3 N–H and O–H groups in total. The van der Waals surface area contributed by atoms with E-state index in [2.05, 4.69) is 42.7 Å². The number of benzene rings is 1. The smallest absolute Gasteiger partial charge is 0.309 e. The van der Waals surface area contributed by atoms with Gasteiger partial charge >= 0.3 is 5.97 Å². The third-order valence-electron chi connectivity index (χ3n) is 7.15. The number of esters is 1. The zero-order valence-corrected chi connectivity index (χ0v) is 20.3. The number of aromatic amines is 1. The van der Waals surface area contributed by atoms with Crippen LogP contribution in [0.4, 0.5) is 5.69 Å². The number of imidazole rings is 1. The summed E-state index contributed by atoms with van der Waals surface area (Å²) in [5.41, 5.74) is 6.48. The number of piperidine rings is 1. The Morgan fingerprint density at radius 1 is 1.08 bits per heavy atom. The van der Waals surface area contributed by atoms with Gasteiger partial charge in [0, 0.05) is 22.7 Å². The van der Waals surface area contributed by atoms with Crippen LogP contribution in [0.3, 0.4) is 0 Å². The van der Waals surface area contributed by atoms with Crippen LogP contribution in [0.1, 0.15) is 31.4 Å². The highest BCUT2D eigenvalue weighted by molar-refractivity contribution is 5.88. The summed E-state index contributed by atoms with van der Waals surface area (Å²) in [5, 5.41) is 7.88. The van der Waals surface area contributed by atoms with Gasteiger partial charge < -0.3 is 20.4 Å². The molecule has 1 aliphatic carbocycles. The minimum atomic E-state index is -0.0425. The van der Waals surface area contributed by atoms with E-state index >= 15 is 0 Å². The monoisotopic (exact) mass is 482 g/mol. The van der Waals surface area contributed by atoms with E-state index in [-0.39, 0.29) is 24.0 Å². The second-order valence-corrected chi connectivity index (χ2v) is 9.82. The highest BCUT2D eigenvalue weighted by Gasteiger charge is 2.36. The number of carbonyl (C=O) groups excluding carboxylic acids is 1. The second-order valence-electron chi connectivity index (χ2n) is 9.82. The van der Waals surface area contributed by atoms with Gasteiger partial charge in [-0.25, -0.2) is 4.98 Å². The largest absolute Gasteiger partial charge is 0.462 e. The van der Waals surface area contributed by atoms with Gasteiger partial charge in [-0.15, -0.1) is 0 Å². The molecule has 1 aliphatic heterocycles.